The van der Waals surface area contributed by atoms with Gasteiger partial charge >= 0.3 is 0 Å². The van der Waals surface area contributed by atoms with Crippen LogP contribution in [0.25, 0.3) is 21.1 Å². The summed E-state index contributed by atoms with van der Waals surface area (Å²) >= 11 is 13.3. The van der Waals surface area contributed by atoms with Crippen LogP contribution in [0.3, 0.4) is 0 Å². The lowest BCUT2D eigenvalue weighted by Gasteiger charge is -2.06. The molecule has 2 aromatic heterocycles. The summed E-state index contributed by atoms with van der Waals surface area (Å²) in [5.74, 6) is 0.237. The molecule has 5 rings (SSSR count). The van der Waals surface area contributed by atoms with Crippen molar-refractivity contribution in [2.75, 3.05) is 0 Å². The maximum absolute atomic E-state index is 12.7. The van der Waals surface area contributed by atoms with Crippen molar-refractivity contribution in [3.63, 3.8) is 0 Å². The number of hydrogen-bond acceptors (Lipinski definition) is 6. The van der Waals surface area contributed by atoms with Crippen LogP contribution in [-0.4, -0.2) is 24.3 Å². The maximum Gasteiger partial charge on any atom is 0.281 e. The number of rotatable bonds is 5. The number of carbonyl (C=O) groups excluding carboxylic acids is 1. The van der Waals surface area contributed by atoms with Crippen molar-refractivity contribution in [2.45, 2.75) is 4.90 Å². The number of ether oxygens (including phenoxy) is 1. The Labute approximate surface area is 202 Å². The van der Waals surface area contributed by atoms with Crippen molar-refractivity contribution in [3.8, 4) is 11.5 Å². The summed E-state index contributed by atoms with van der Waals surface area (Å²) in [7, 11) is -4.06. The second kappa shape index (κ2) is 8.35. The lowest BCUT2D eigenvalue weighted by molar-refractivity contribution is 0.0977. The van der Waals surface area contributed by atoms with Gasteiger partial charge in [-0.05, 0) is 54.6 Å². The highest BCUT2D eigenvalue weighted by Gasteiger charge is 2.21. The molecule has 0 bridgehead atoms. The van der Waals surface area contributed by atoms with Gasteiger partial charge in [0, 0.05) is 17.0 Å². The first kappa shape index (κ1) is 21.7. The molecule has 0 atom stereocenters. The highest BCUT2D eigenvalue weighted by Crippen LogP contribution is 2.31. The van der Waals surface area contributed by atoms with Gasteiger partial charge in [0.15, 0.2) is 0 Å². The molecule has 0 saturated heterocycles. The normalized spacial score (nSPS) is 11.7. The Morgan fingerprint density at radius 2 is 1.76 bits per heavy atom. The Morgan fingerprint density at radius 1 is 0.970 bits per heavy atom. The van der Waals surface area contributed by atoms with Crippen LogP contribution in [-0.2, 0) is 10.0 Å². The highest BCUT2D eigenvalue weighted by molar-refractivity contribution is 7.90. The summed E-state index contributed by atoms with van der Waals surface area (Å²) in [5, 5.41) is 1.45. The number of nitrogens with one attached hydrogen (secondary N) is 2. The minimum absolute atomic E-state index is 0.0129. The molecule has 33 heavy (non-hydrogen) atoms. The number of hydrogen-bond donors (Lipinski definition) is 2. The van der Waals surface area contributed by atoms with E-state index in [4.69, 9.17) is 27.9 Å². The summed E-state index contributed by atoms with van der Waals surface area (Å²) in [4.78, 5) is 19.7. The Morgan fingerprint density at radius 3 is 2.58 bits per heavy atom. The number of aromatic amines is 1. The number of halogens is 2. The predicted molar refractivity (Wildman–Crippen MR) is 129 cm³/mol. The van der Waals surface area contributed by atoms with Crippen LogP contribution in [0.5, 0.6) is 11.5 Å². The van der Waals surface area contributed by atoms with E-state index in [1.54, 1.807) is 54.0 Å². The van der Waals surface area contributed by atoms with E-state index in [0.717, 1.165) is 0 Å². The number of H-pyrrole nitrogens is 1. The number of aromatic nitrogens is 2. The van der Waals surface area contributed by atoms with Crippen LogP contribution in [0.1, 0.15) is 10.5 Å². The minimum atomic E-state index is -4.06. The monoisotopic (exact) mass is 517 g/mol. The van der Waals surface area contributed by atoms with Gasteiger partial charge < -0.3 is 9.72 Å². The van der Waals surface area contributed by atoms with Crippen molar-refractivity contribution in [1.82, 2.24) is 14.7 Å². The van der Waals surface area contributed by atoms with Gasteiger partial charge in [-0.3, -0.25) is 4.79 Å². The van der Waals surface area contributed by atoms with E-state index in [-0.39, 0.29) is 10.6 Å². The zero-order valence-corrected chi connectivity index (χ0v) is 19.6. The van der Waals surface area contributed by atoms with Crippen molar-refractivity contribution in [1.29, 1.82) is 0 Å². The lowest BCUT2D eigenvalue weighted by Crippen LogP contribution is -2.30. The van der Waals surface area contributed by atoms with Crippen molar-refractivity contribution >= 4 is 71.6 Å². The van der Waals surface area contributed by atoms with Gasteiger partial charge in [0.1, 0.15) is 17.2 Å². The first-order valence-corrected chi connectivity index (χ1v) is 12.6. The Balaban J connectivity index is 1.37. The van der Waals surface area contributed by atoms with Gasteiger partial charge in [0.05, 0.1) is 30.7 Å². The largest absolute Gasteiger partial charge is 0.457 e. The first-order valence-electron chi connectivity index (χ1n) is 9.45. The van der Waals surface area contributed by atoms with Crippen LogP contribution in [0, 0.1) is 0 Å². The van der Waals surface area contributed by atoms with Crippen molar-refractivity contribution < 1.29 is 17.9 Å². The van der Waals surface area contributed by atoms with Gasteiger partial charge in [-0.25, -0.2) is 18.1 Å². The molecule has 0 aliphatic heterocycles. The average Bonchev–Trinajstić information content (AvgIpc) is 3.42. The quantitative estimate of drug-likeness (QED) is 0.298. The molecule has 11 heteroatoms. The summed E-state index contributed by atoms with van der Waals surface area (Å²) in [6, 6.07) is 16.1. The lowest BCUT2D eigenvalue weighted by atomic mass is 10.2. The fraction of sp³-hybridized carbons (Fsp3) is 0. The van der Waals surface area contributed by atoms with Crippen LogP contribution in [0.15, 0.2) is 71.1 Å². The van der Waals surface area contributed by atoms with E-state index >= 15 is 0 Å². The molecule has 1 amide bonds. The molecule has 2 heterocycles. The molecule has 0 aliphatic rings. The molecule has 0 spiro atoms. The molecule has 0 radical (unpaired) electrons. The van der Waals surface area contributed by atoms with Gasteiger partial charge in [-0.1, -0.05) is 23.2 Å². The molecular formula is C22H13Cl2N3O4S2. The van der Waals surface area contributed by atoms with E-state index in [2.05, 4.69) is 14.7 Å². The number of fused-ring (bicyclic) bond motifs is 2. The number of thiazole rings is 1. The minimum Gasteiger partial charge on any atom is -0.457 e. The van der Waals surface area contributed by atoms with Crippen LogP contribution in [0.4, 0.5) is 0 Å². The highest BCUT2D eigenvalue weighted by atomic mass is 35.5. The van der Waals surface area contributed by atoms with Gasteiger partial charge in [-0.15, -0.1) is 11.3 Å². The van der Waals surface area contributed by atoms with E-state index in [9.17, 15) is 13.2 Å². The summed E-state index contributed by atoms with van der Waals surface area (Å²) in [6.45, 7) is 0. The third-order valence-electron chi connectivity index (χ3n) is 4.80. The fourth-order valence-electron chi connectivity index (χ4n) is 3.21. The molecule has 166 valence electrons. The van der Waals surface area contributed by atoms with E-state index in [0.29, 0.717) is 42.7 Å². The predicted octanol–water partition coefficient (Wildman–Crippen LogP) is 6.00. The molecule has 0 fully saturated rings. The molecule has 0 saturated carbocycles. The average molecular weight is 518 g/mol. The van der Waals surface area contributed by atoms with Crippen LogP contribution >= 0.6 is 34.5 Å². The standard InChI is InChI=1S/C22H13Cl2N3O4S2/c23-16-4-1-14(9-17(16)24)31-13-2-5-18-12(7-13)8-20(26-18)22(28)27-33(29,30)15-3-6-19-21(10-15)32-11-25-19/h1-11,26H,(H,27,28). The number of nitrogens with zero attached hydrogens (tertiary/aromatic N) is 1. The van der Waals surface area contributed by atoms with E-state index < -0.39 is 15.9 Å². The molecule has 0 aliphatic carbocycles. The zero-order valence-electron chi connectivity index (χ0n) is 16.5. The second-order valence-corrected chi connectivity index (χ2v) is 10.4. The van der Waals surface area contributed by atoms with Crippen LogP contribution in [0.2, 0.25) is 10.0 Å². The summed E-state index contributed by atoms with van der Waals surface area (Å²) < 4.78 is 34.0. The topological polar surface area (TPSA) is 101 Å². The number of sulfonamides is 1. The number of benzene rings is 3. The smallest absolute Gasteiger partial charge is 0.281 e. The number of amides is 1. The molecule has 2 N–H and O–H groups in total. The Kier molecular flexibility index (Phi) is 5.49. The summed E-state index contributed by atoms with van der Waals surface area (Å²) in [6.07, 6.45) is 0. The first-order chi connectivity index (χ1) is 15.8. The van der Waals surface area contributed by atoms with Crippen molar-refractivity contribution in [3.05, 3.63) is 81.9 Å². The third kappa shape index (κ3) is 4.40. The number of carbonyl (C=O) groups is 1. The van der Waals surface area contributed by atoms with Crippen molar-refractivity contribution in [2.24, 2.45) is 0 Å². The molecule has 0 unspecified atom stereocenters. The zero-order chi connectivity index (χ0) is 23.2. The van der Waals surface area contributed by atoms with Crippen LogP contribution < -0.4 is 9.46 Å². The SMILES string of the molecule is O=C(NS(=O)(=O)c1ccc2ncsc2c1)c1cc2cc(Oc3ccc(Cl)c(Cl)c3)ccc2[nH]1. The fourth-order valence-corrected chi connectivity index (χ4v) is 5.28. The third-order valence-corrected chi connectivity index (χ3v) is 7.66. The van der Waals surface area contributed by atoms with Gasteiger partial charge in [0.25, 0.3) is 15.9 Å². The van der Waals surface area contributed by atoms with E-state index in [1.165, 1.54) is 23.5 Å². The van der Waals surface area contributed by atoms with Gasteiger partial charge in [0.2, 0.25) is 0 Å². The van der Waals surface area contributed by atoms with E-state index in [1.807, 2.05) is 0 Å². The Bertz CT molecular complexity index is 1640. The maximum atomic E-state index is 12.7. The molecule has 7 nitrogen and oxygen atoms in total. The Hall–Kier alpha value is -3.11. The summed E-state index contributed by atoms with van der Waals surface area (Å²) in [5.41, 5.74) is 3.06. The second-order valence-electron chi connectivity index (χ2n) is 7.03. The molecular weight excluding hydrogens is 505 g/mol. The van der Waals surface area contributed by atoms with Gasteiger partial charge in [-0.2, -0.15) is 0 Å². The molecule has 5 aromatic rings. The molecule has 3 aromatic carbocycles.